The van der Waals surface area contributed by atoms with Gasteiger partial charge in [-0.05, 0) is 19.1 Å². The Labute approximate surface area is 107 Å². The van der Waals surface area contributed by atoms with Gasteiger partial charge in [0.15, 0.2) is 0 Å². The first-order valence-electron chi connectivity index (χ1n) is 5.74. The van der Waals surface area contributed by atoms with Gasteiger partial charge in [-0.2, -0.15) is 0 Å². The van der Waals surface area contributed by atoms with Gasteiger partial charge >= 0.3 is 0 Å². The third-order valence-corrected chi connectivity index (χ3v) is 2.31. The molecule has 5 nitrogen and oxygen atoms in total. The van der Waals surface area contributed by atoms with E-state index in [1.807, 2.05) is 13.0 Å². The summed E-state index contributed by atoms with van der Waals surface area (Å²) in [5, 5.41) is 2.62. The highest BCUT2D eigenvalue weighted by atomic mass is 16.5. The van der Waals surface area contributed by atoms with Crippen molar-refractivity contribution in [3.63, 3.8) is 0 Å². The van der Waals surface area contributed by atoms with Crippen LogP contribution in [-0.2, 0) is 16.1 Å². The van der Waals surface area contributed by atoms with Crippen molar-refractivity contribution in [1.29, 1.82) is 0 Å². The number of carbonyl (C=O) groups excluding carboxylic acids is 1. The fourth-order valence-corrected chi connectivity index (χ4v) is 1.50. The Hall–Kier alpha value is -1.59. The molecule has 1 aromatic carbocycles. The topological polar surface area (TPSA) is 56.8 Å². The molecule has 0 saturated heterocycles. The number of hydrogen-bond acceptors (Lipinski definition) is 4. The van der Waals surface area contributed by atoms with Gasteiger partial charge in [-0.3, -0.25) is 4.79 Å². The van der Waals surface area contributed by atoms with Crippen LogP contribution in [0.25, 0.3) is 0 Å². The van der Waals surface area contributed by atoms with Gasteiger partial charge in [-0.1, -0.05) is 6.07 Å². The van der Waals surface area contributed by atoms with E-state index in [2.05, 4.69) is 5.32 Å². The average Bonchev–Trinajstić information content (AvgIpc) is 2.38. The predicted octanol–water partition coefficient (Wildman–Crippen LogP) is 1.57. The van der Waals surface area contributed by atoms with E-state index < -0.39 is 0 Å². The molecule has 18 heavy (non-hydrogen) atoms. The number of ether oxygens (including phenoxy) is 3. The summed E-state index contributed by atoms with van der Waals surface area (Å²) in [6.45, 7) is 3.08. The molecule has 1 rings (SSSR count). The first kappa shape index (κ1) is 14.5. The molecule has 0 spiro atoms. The molecule has 0 unspecified atom stereocenters. The molecule has 1 aromatic rings. The minimum Gasteiger partial charge on any atom is -0.493 e. The minimum absolute atomic E-state index is 0.183. The summed E-state index contributed by atoms with van der Waals surface area (Å²) in [5.41, 5.74) is 1.46. The molecule has 0 fully saturated rings. The maximum atomic E-state index is 11.8. The summed E-state index contributed by atoms with van der Waals surface area (Å²) in [4.78, 5) is 11.8. The Morgan fingerprint density at radius 3 is 2.67 bits per heavy atom. The molecule has 0 aliphatic heterocycles. The van der Waals surface area contributed by atoms with Crippen LogP contribution in [0.2, 0.25) is 0 Å². The zero-order valence-electron chi connectivity index (χ0n) is 11.0. The first-order valence-corrected chi connectivity index (χ1v) is 5.74. The van der Waals surface area contributed by atoms with Gasteiger partial charge in [0, 0.05) is 25.3 Å². The van der Waals surface area contributed by atoms with E-state index >= 15 is 0 Å². The standard InChI is InChI=1S/C13H19NO4/c1-4-18-12-7-10(13(15)14-9-17-3)5-6-11(12)8-16-2/h5-7H,4,8-9H2,1-3H3,(H,14,15). The van der Waals surface area contributed by atoms with Crippen molar-refractivity contribution in [1.82, 2.24) is 5.32 Å². The van der Waals surface area contributed by atoms with E-state index in [0.29, 0.717) is 24.5 Å². The highest BCUT2D eigenvalue weighted by Gasteiger charge is 2.10. The molecule has 0 heterocycles. The fraction of sp³-hybridized carbons (Fsp3) is 0.462. The van der Waals surface area contributed by atoms with E-state index in [0.717, 1.165) is 5.56 Å². The van der Waals surface area contributed by atoms with Crippen LogP contribution in [0.4, 0.5) is 0 Å². The van der Waals surface area contributed by atoms with Crippen molar-refractivity contribution in [2.45, 2.75) is 13.5 Å². The van der Waals surface area contributed by atoms with Crippen molar-refractivity contribution in [3.05, 3.63) is 29.3 Å². The van der Waals surface area contributed by atoms with Crippen LogP contribution in [0.3, 0.4) is 0 Å². The second-order valence-electron chi connectivity index (χ2n) is 3.63. The average molecular weight is 253 g/mol. The maximum Gasteiger partial charge on any atom is 0.253 e. The molecule has 0 bridgehead atoms. The zero-order valence-corrected chi connectivity index (χ0v) is 11.0. The Morgan fingerprint density at radius 1 is 1.28 bits per heavy atom. The summed E-state index contributed by atoms with van der Waals surface area (Å²) in [6, 6.07) is 5.28. The third-order valence-electron chi connectivity index (χ3n) is 2.31. The molecule has 0 atom stereocenters. The van der Waals surface area contributed by atoms with Crippen LogP contribution >= 0.6 is 0 Å². The van der Waals surface area contributed by atoms with Crippen LogP contribution in [0, 0.1) is 0 Å². The maximum absolute atomic E-state index is 11.8. The number of methoxy groups -OCH3 is 2. The third kappa shape index (κ3) is 4.01. The summed E-state index contributed by atoms with van der Waals surface area (Å²) in [7, 11) is 3.14. The number of nitrogens with one attached hydrogen (secondary N) is 1. The normalized spacial score (nSPS) is 10.2. The smallest absolute Gasteiger partial charge is 0.253 e. The van der Waals surface area contributed by atoms with Gasteiger partial charge in [0.05, 0.1) is 13.2 Å². The van der Waals surface area contributed by atoms with E-state index in [1.54, 1.807) is 19.2 Å². The fourth-order valence-electron chi connectivity index (χ4n) is 1.50. The summed E-state index contributed by atoms with van der Waals surface area (Å²) in [6.07, 6.45) is 0. The molecule has 1 amide bonds. The van der Waals surface area contributed by atoms with Gasteiger partial charge in [-0.25, -0.2) is 0 Å². The van der Waals surface area contributed by atoms with E-state index in [-0.39, 0.29) is 12.6 Å². The van der Waals surface area contributed by atoms with Crippen molar-refractivity contribution >= 4 is 5.91 Å². The van der Waals surface area contributed by atoms with E-state index in [1.165, 1.54) is 7.11 Å². The van der Waals surface area contributed by atoms with E-state index in [9.17, 15) is 4.79 Å². The molecule has 5 heteroatoms. The Bertz CT molecular complexity index is 393. The predicted molar refractivity (Wildman–Crippen MR) is 67.7 cm³/mol. The SMILES string of the molecule is CCOc1cc(C(=O)NCOC)ccc1COC. The monoisotopic (exact) mass is 253 g/mol. The summed E-state index contributed by atoms with van der Waals surface area (Å²) < 4.78 is 15.4. The number of benzene rings is 1. The number of hydrogen-bond donors (Lipinski definition) is 1. The highest BCUT2D eigenvalue weighted by Crippen LogP contribution is 2.21. The minimum atomic E-state index is -0.193. The van der Waals surface area contributed by atoms with Crippen molar-refractivity contribution in [2.24, 2.45) is 0 Å². The van der Waals surface area contributed by atoms with Gasteiger partial charge in [-0.15, -0.1) is 0 Å². The molecule has 0 aromatic heterocycles. The lowest BCUT2D eigenvalue weighted by Gasteiger charge is -2.11. The first-order chi connectivity index (χ1) is 8.72. The summed E-state index contributed by atoms with van der Waals surface area (Å²) >= 11 is 0. The quantitative estimate of drug-likeness (QED) is 0.749. The Kier molecular flexibility index (Phi) is 6.18. The van der Waals surface area contributed by atoms with Crippen molar-refractivity contribution in [3.8, 4) is 5.75 Å². The van der Waals surface area contributed by atoms with Crippen LogP contribution in [0.15, 0.2) is 18.2 Å². The second kappa shape index (κ2) is 7.68. The van der Waals surface area contributed by atoms with Crippen molar-refractivity contribution in [2.75, 3.05) is 27.6 Å². The van der Waals surface area contributed by atoms with Crippen molar-refractivity contribution < 1.29 is 19.0 Å². The molecule has 0 aliphatic rings. The lowest BCUT2D eigenvalue weighted by Crippen LogP contribution is -2.25. The van der Waals surface area contributed by atoms with Gasteiger partial charge < -0.3 is 19.5 Å². The number of rotatable bonds is 7. The largest absolute Gasteiger partial charge is 0.493 e. The van der Waals surface area contributed by atoms with Gasteiger partial charge in [0.2, 0.25) is 0 Å². The van der Waals surface area contributed by atoms with Gasteiger partial charge in [0.1, 0.15) is 12.5 Å². The lowest BCUT2D eigenvalue weighted by atomic mass is 10.1. The Morgan fingerprint density at radius 2 is 2.06 bits per heavy atom. The zero-order chi connectivity index (χ0) is 13.4. The van der Waals surface area contributed by atoms with Crippen LogP contribution in [0.5, 0.6) is 5.75 Å². The molecular formula is C13H19NO4. The molecule has 100 valence electrons. The molecular weight excluding hydrogens is 234 g/mol. The highest BCUT2D eigenvalue weighted by molar-refractivity contribution is 5.94. The van der Waals surface area contributed by atoms with Crippen LogP contribution in [0.1, 0.15) is 22.8 Å². The molecule has 0 saturated carbocycles. The molecule has 0 aliphatic carbocycles. The second-order valence-corrected chi connectivity index (χ2v) is 3.63. The number of carbonyl (C=O) groups is 1. The van der Waals surface area contributed by atoms with Crippen LogP contribution < -0.4 is 10.1 Å². The van der Waals surface area contributed by atoms with Gasteiger partial charge in [0.25, 0.3) is 5.91 Å². The lowest BCUT2D eigenvalue weighted by molar-refractivity contribution is 0.0871. The molecule has 0 radical (unpaired) electrons. The van der Waals surface area contributed by atoms with E-state index in [4.69, 9.17) is 14.2 Å². The summed E-state index contributed by atoms with van der Waals surface area (Å²) in [5.74, 6) is 0.478. The number of amides is 1. The molecule has 1 N–H and O–H groups in total. The van der Waals surface area contributed by atoms with Crippen LogP contribution in [-0.4, -0.2) is 33.5 Å². The Balaban J connectivity index is 2.87.